The van der Waals surface area contributed by atoms with Crippen molar-refractivity contribution in [2.45, 2.75) is 17.5 Å². The fourth-order valence-electron chi connectivity index (χ4n) is 2.68. The van der Waals surface area contributed by atoms with Crippen LogP contribution in [0.1, 0.15) is 23.5 Å². The summed E-state index contributed by atoms with van der Waals surface area (Å²) in [5.41, 5.74) is 1.15. The molecule has 3 rings (SSSR count). The Balaban J connectivity index is 1.99. The molecule has 2 heterocycles. The van der Waals surface area contributed by atoms with E-state index in [1.54, 1.807) is 6.08 Å². The van der Waals surface area contributed by atoms with Crippen LogP contribution in [0.2, 0.25) is 0 Å². The van der Waals surface area contributed by atoms with Gasteiger partial charge < -0.3 is 15.0 Å². The van der Waals surface area contributed by atoms with E-state index in [-0.39, 0.29) is 23.8 Å². The third-order valence-electron chi connectivity index (χ3n) is 3.77. The number of thioether (sulfide) groups is 1. The normalized spacial score (nSPS) is 16.2. The molecular weight excluding hydrogens is 326 g/mol. The van der Waals surface area contributed by atoms with Crippen LogP contribution in [-0.2, 0) is 4.79 Å². The van der Waals surface area contributed by atoms with E-state index in [0.717, 1.165) is 5.56 Å². The third-order valence-corrected chi connectivity index (χ3v) is 4.35. The van der Waals surface area contributed by atoms with Crippen molar-refractivity contribution in [3.63, 3.8) is 0 Å². The number of carbonyl (C=O) groups is 1. The number of aromatic nitrogens is 2. The van der Waals surface area contributed by atoms with E-state index in [1.807, 2.05) is 30.5 Å². The lowest BCUT2D eigenvalue weighted by Crippen LogP contribution is -2.31. The number of nitrogens with one attached hydrogen (secondary N) is 2. The molecule has 7 heteroatoms. The van der Waals surface area contributed by atoms with Gasteiger partial charge in [-0.2, -0.15) is 0 Å². The van der Waals surface area contributed by atoms with Crippen LogP contribution >= 0.6 is 11.8 Å². The summed E-state index contributed by atoms with van der Waals surface area (Å²) in [4.78, 5) is 31.5. The highest BCUT2D eigenvalue weighted by molar-refractivity contribution is 7.98. The number of rotatable bonds is 5. The molecule has 124 valence electrons. The molecule has 0 unspecified atom stereocenters. The van der Waals surface area contributed by atoms with Gasteiger partial charge >= 0.3 is 0 Å². The number of aromatic amines is 1. The van der Waals surface area contributed by atoms with Crippen molar-refractivity contribution in [3.8, 4) is 5.75 Å². The Bertz CT molecular complexity index is 830. The van der Waals surface area contributed by atoms with E-state index >= 15 is 0 Å². The van der Waals surface area contributed by atoms with Gasteiger partial charge in [-0.15, -0.1) is 0 Å². The molecule has 0 saturated carbocycles. The number of anilines is 1. The third kappa shape index (κ3) is 3.21. The molecule has 0 fully saturated rings. The number of hydrogen-bond donors (Lipinski definition) is 2. The maximum atomic E-state index is 12.4. The number of nitrogens with zero attached hydrogens (tertiary/aromatic N) is 1. The number of amides is 1. The van der Waals surface area contributed by atoms with Gasteiger partial charge in [-0.05, 0) is 24.0 Å². The zero-order chi connectivity index (χ0) is 17.1. The van der Waals surface area contributed by atoms with E-state index in [9.17, 15) is 9.59 Å². The van der Waals surface area contributed by atoms with Crippen molar-refractivity contribution < 1.29 is 9.53 Å². The van der Waals surface area contributed by atoms with Gasteiger partial charge in [-0.1, -0.05) is 36.5 Å². The highest BCUT2D eigenvalue weighted by Crippen LogP contribution is 2.34. The Labute approximate surface area is 143 Å². The van der Waals surface area contributed by atoms with Crippen LogP contribution < -0.4 is 15.6 Å². The fourth-order valence-corrected chi connectivity index (χ4v) is 3.06. The van der Waals surface area contributed by atoms with Crippen LogP contribution in [0.3, 0.4) is 0 Å². The topological polar surface area (TPSA) is 84.1 Å². The lowest BCUT2D eigenvalue weighted by atomic mass is 9.87. The first-order valence-electron chi connectivity index (χ1n) is 7.44. The lowest BCUT2D eigenvalue weighted by molar-refractivity contribution is -0.116. The lowest BCUT2D eigenvalue weighted by Gasteiger charge is -2.24. The number of H-pyrrole nitrogens is 1. The highest BCUT2D eigenvalue weighted by atomic mass is 32.2. The Hall–Kier alpha value is -2.54. The molecule has 0 spiro atoms. The van der Waals surface area contributed by atoms with E-state index in [0.29, 0.717) is 28.9 Å². The van der Waals surface area contributed by atoms with Crippen molar-refractivity contribution in [1.29, 1.82) is 0 Å². The smallest absolute Gasteiger partial charge is 0.257 e. The van der Waals surface area contributed by atoms with Crippen molar-refractivity contribution in [2.75, 3.05) is 18.2 Å². The number of carbonyl (C=O) groups excluding carboxylic acids is 1. The number of ether oxygens (including phenoxy) is 1. The first-order chi connectivity index (χ1) is 11.6. The highest BCUT2D eigenvalue weighted by Gasteiger charge is 2.30. The summed E-state index contributed by atoms with van der Waals surface area (Å²) in [7, 11) is 0. The van der Waals surface area contributed by atoms with Gasteiger partial charge in [-0.3, -0.25) is 9.59 Å². The Kier molecular flexibility index (Phi) is 4.71. The van der Waals surface area contributed by atoms with Gasteiger partial charge in [0.2, 0.25) is 5.91 Å². The van der Waals surface area contributed by atoms with E-state index in [1.165, 1.54) is 11.8 Å². The monoisotopic (exact) mass is 343 g/mol. The molecule has 0 radical (unpaired) electrons. The summed E-state index contributed by atoms with van der Waals surface area (Å²) in [5, 5.41) is 3.17. The summed E-state index contributed by atoms with van der Waals surface area (Å²) in [5.74, 6) is 0.583. The SMILES string of the molecule is C=CCOc1ccc([C@@H]2CC(=O)Nc3nc(SC)[nH]c(=O)c32)cc1. The molecule has 0 bridgehead atoms. The molecule has 0 aliphatic carbocycles. The Morgan fingerprint density at radius 2 is 2.12 bits per heavy atom. The molecule has 6 nitrogen and oxygen atoms in total. The Morgan fingerprint density at radius 3 is 2.79 bits per heavy atom. The minimum atomic E-state index is -0.325. The van der Waals surface area contributed by atoms with E-state index in [4.69, 9.17) is 4.74 Å². The molecule has 1 atom stereocenters. The predicted octanol–water partition coefficient (Wildman–Crippen LogP) is 2.53. The van der Waals surface area contributed by atoms with Crippen LogP contribution in [0, 0.1) is 0 Å². The molecule has 0 saturated heterocycles. The van der Waals surface area contributed by atoms with Gasteiger partial charge in [0.25, 0.3) is 5.56 Å². The van der Waals surface area contributed by atoms with Crippen LogP contribution in [0.25, 0.3) is 0 Å². The molecule has 1 aliphatic rings. The van der Waals surface area contributed by atoms with Crippen molar-refractivity contribution >= 4 is 23.5 Å². The van der Waals surface area contributed by atoms with E-state index < -0.39 is 0 Å². The quantitative estimate of drug-likeness (QED) is 0.495. The molecule has 2 N–H and O–H groups in total. The zero-order valence-electron chi connectivity index (χ0n) is 13.2. The number of fused-ring (bicyclic) bond motifs is 1. The first kappa shape index (κ1) is 16.3. The van der Waals surface area contributed by atoms with Crippen LogP contribution in [0.4, 0.5) is 5.82 Å². The van der Waals surface area contributed by atoms with Crippen molar-refractivity contribution in [2.24, 2.45) is 0 Å². The van der Waals surface area contributed by atoms with Crippen LogP contribution in [-0.4, -0.2) is 28.7 Å². The molecule has 1 aliphatic heterocycles. The van der Waals surface area contributed by atoms with Gasteiger partial charge in [0, 0.05) is 12.3 Å². The average molecular weight is 343 g/mol. The van der Waals surface area contributed by atoms with Gasteiger partial charge in [0.1, 0.15) is 18.2 Å². The zero-order valence-corrected chi connectivity index (χ0v) is 14.0. The maximum Gasteiger partial charge on any atom is 0.257 e. The molecule has 24 heavy (non-hydrogen) atoms. The second-order valence-electron chi connectivity index (χ2n) is 5.31. The average Bonchev–Trinajstić information content (AvgIpc) is 2.59. The summed E-state index contributed by atoms with van der Waals surface area (Å²) in [6.07, 6.45) is 3.70. The van der Waals surface area contributed by atoms with Crippen LogP contribution in [0.5, 0.6) is 5.75 Å². The van der Waals surface area contributed by atoms with E-state index in [2.05, 4.69) is 21.9 Å². The summed E-state index contributed by atoms with van der Waals surface area (Å²) in [6, 6.07) is 7.38. The minimum Gasteiger partial charge on any atom is -0.490 e. The second kappa shape index (κ2) is 6.92. The minimum absolute atomic E-state index is 0.148. The standard InChI is InChI=1S/C17H17N3O3S/c1-3-8-23-11-6-4-10(5-7-11)12-9-13(21)18-15-14(12)16(22)20-17(19-15)24-2/h3-7,12H,1,8-9H2,2H3,(H2,18,19,20,21,22)/t12-/m0/s1. The second-order valence-corrected chi connectivity index (χ2v) is 6.11. The van der Waals surface area contributed by atoms with Gasteiger partial charge in [-0.25, -0.2) is 4.98 Å². The predicted molar refractivity (Wildman–Crippen MR) is 93.9 cm³/mol. The largest absolute Gasteiger partial charge is 0.490 e. The molecule has 1 aromatic heterocycles. The summed E-state index contributed by atoms with van der Waals surface area (Å²) >= 11 is 1.32. The van der Waals surface area contributed by atoms with Crippen molar-refractivity contribution in [3.05, 3.63) is 58.4 Å². The fraction of sp³-hybridized carbons (Fsp3) is 0.235. The van der Waals surface area contributed by atoms with Crippen molar-refractivity contribution in [1.82, 2.24) is 9.97 Å². The Morgan fingerprint density at radius 1 is 1.38 bits per heavy atom. The first-order valence-corrected chi connectivity index (χ1v) is 8.66. The maximum absolute atomic E-state index is 12.4. The summed E-state index contributed by atoms with van der Waals surface area (Å²) < 4.78 is 5.46. The molecular formula is C17H17N3O3S. The van der Waals surface area contributed by atoms with Crippen LogP contribution in [0.15, 0.2) is 46.9 Å². The van der Waals surface area contributed by atoms with Gasteiger partial charge in [0.05, 0.1) is 5.56 Å². The molecule has 2 aromatic rings. The molecule has 1 aromatic carbocycles. The summed E-state index contributed by atoms with van der Waals surface area (Å²) in [6.45, 7) is 4.03. The molecule has 1 amide bonds. The number of benzene rings is 1. The van der Waals surface area contributed by atoms with Gasteiger partial charge in [0.15, 0.2) is 5.16 Å². The number of hydrogen-bond acceptors (Lipinski definition) is 5.